The van der Waals surface area contributed by atoms with Crippen molar-refractivity contribution in [3.63, 3.8) is 0 Å². The van der Waals surface area contributed by atoms with Gasteiger partial charge in [0, 0.05) is 6.42 Å². The number of Topliss-reactive ketones (excluding diaryl/α,β-unsaturated/α-hetero) is 1. The number of rotatable bonds is 6. The van der Waals surface area contributed by atoms with Crippen molar-refractivity contribution in [2.75, 3.05) is 21.2 Å². The fourth-order valence-electron chi connectivity index (χ4n) is 1.98. The van der Waals surface area contributed by atoms with Gasteiger partial charge in [-0.05, 0) is 39.1 Å². The van der Waals surface area contributed by atoms with Crippen LogP contribution in [0.2, 0.25) is 0 Å². The molecule has 0 amide bonds. The first kappa shape index (κ1) is 15.6. The van der Waals surface area contributed by atoms with Crippen LogP contribution in [0.3, 0.4) is 0 Å². The lowest BCUT2D eigenvalue weighted by molar-refractivity contribution is -0.128. The molecule has 0 radical (unpaired) electrons. The van der Waals surface area contributed by atoms with Gasteiger partial charge in [0.25, 0.3) is 0 Å². The number of methoxy groups -OCH3 is 1. The lowest BCUT2D eigenvalue weighted by atomic mass is 9.88. The fourth-order valence-corrected chi connectivity index (χ4v) is 1.98. The van der Waals surface area contributed by atoms with Gasteiger partial charge in [0.15, 0.2) is 17.3 Å². The van der Waals surface area contributed by atoms with Crippen LogP contribution in [-0.2, 0) is 11.2 Å². The first-order valence-electron chi connectivity index (χ1n) is 6.39. The minimum absolute atomic E-state index is 0.00662. The van der Waals surface area contributed by atoms with E-state index in [9.17, 15) is 9.18 Å². The summed E-state index contributed by atoms with van der Waals surface area (Å²) in [6, 6.07) is 4.87. The highest BCUT2D eigenvalue weighted by atomic mass is 19.1. The molecule has 19 heavy (non-hydrogen) atoms. The summed E-state index contributed by atoms with van der Waals surface area (Å²) in [5, 5.41) is 0. The molecule has 1 rings (SSSR count). The number of ketones is 1. The first-order valence-corrected chi connectivity index (χ1v) is 6.39. The van der Waals surface area contributed by atoms with Crippen LogP contribution in [0.5, 0.6) is 5.75 Å². The molecule has 4 heteroatoms. The fraction of sp³-hybridized carbons (Fsp3) is 0.533. The summed E-state index contributed by atoms with van der Waals surface area (Å²) in [6.45, 7) is 3.84. The van der Waals surface area contributed by atoms with E-state index in [-0.39, 0.29) is 18.0 Å². The molecule has 0 aliphatic carbocycles. The number of hydrogen-bond acceptors (Lipinski definition) is 3. The van der Waals surface area contributed by atoms with Gasteiger partial charge in [0.05, 0.1) is 12.6 Å². The summed E-state index contributed by atoms with van der Waals surface area (Å²) < 4.78 is 19.0. The van der Waals surface area contributed by atoms with Crippen LogP contribution >= 0.6 is 0 Å². The molecule has 3 nitrogen and oxygen atoms in total. The average Bonchev–Trinajstić information content (AvgIpc) is 2.39. The monoisotopic (exact) mass is 267 g/mol. The highest BCUT2D eigenvalue weighted by Gasteiger charge is 2.33. The molecule has 0 spiro atoms. The predicted octanol–water partition coefficient (Wildman–Crippen LogP) is 2.68. The van der Waals surface area contributed by atoms with Crippen molar-refractivity contribution >= 4 is 5.78 Å². The van der Waals surface area contributed by atoms with Crippen molar-refractivity contribution in [1.82, 2.24) is 4.90 Å². The van der Waals surface area contributed by atoms with Gasteiger partial charge in [-0.3, -0.25) is 9.69 Å². The van der Waals surface area contributed by atoms with Crippen LogP contribution in [0.25, 0.3) is 0 Å². The van der Waals surface area contributed by atoms with E-state index in [0.29, 0.717) is 12.0 Å². The smallest absolute Gasteiger partial charge is 0.168 e. The molecule has 0 fully saturated rings. The number of carbonyl (C=O) groups is 1. The Morgan fingerprint density at radius 3 is 2.53 bits per heavy atom. The molecule has 0 saturated heterocycles. The topological polar surface area (TPSA) is 29.5 Å². The normalized spacial score (nSPS) is 14.3. The number of carbonyl (C=O) groups excluding carboxylic acids is 1. The van der Waals surface area contributed by atoms with Crippen LogP contribution in [0, 0.1) is 5.82 Å². The van der Waals surface area contributed by atoms with Crippen molar-refractivity contribution < 1.29 is 13.9 Å². The third kappa shape index (κ3) is 3.13. The molecular weight excluding hydrogens is 245 g/mol. The third-order valence-corrected chi connectivity index (χ3v) is 3.89. The Hall–Kier alpha value is -1.42. The van der Waals surface area contributed by atoms with Crippen molar-refractivity contribution in [3.05, 3.63) is 29.6 Å². The van der Waals surface area contributed by atoms with E-state index in [1.807, 2.05) is 32.8 Å². The predicted molar refractivity (Wildman–Crippen MR) is 74.0 cm³/mol. The van der Waals surface area contributed by atoms with Crippen molar-refractivity contribution in [1.29, 1.82) is 0 Å². The zero-order valence-corrected chi connectivity index (χ0v) is 12.3. The molecule has 0 aliphatic heterocycles. The molecule has 0 saturated carbocycles. The van der Waals surface area contributed by atoms with Gasteiger partial charge in [-0.1, -0.05) is 19.1 Å². The Bertz CT molecular complexity index is 459. The van der Waals surface area contributed by atoms with Crippen molar-refractivity contribution in [2.45, 2.75) is 32.2 Å². The average molecular weight is 267 g/mol. The van der Waals surface area contributed by atoms with E-state index in [4.69, 9.17) is 4.74 Å². The maximum absolute atomic E-state index is 14.0. The van der Waals surface area contributed by atoms with Gasteiger partial charge in [-0.15, -0.1) is 0 Å². The Morgan fingerprint density at radius 2 is 2.05 bits per heavy atom. The molecule has 1 atom stereocenters. The lowest BCUT2D eigenvalue weighted by Gasteiger charge is -2.34. The second kappa shape index (κ2) is 6.15. The van der Waals surface area contributed by atoms with E-state index in [1.165, 1.54) is 7.11 Å². The Balaban J connectivity index is 3.00. The SMILES string of the molecule is CCC(C)(C(=O)Cc1cccc(OC)c1F)N(C)C. The molecule has 0 N–H and O–H groups in total. The van der Waals surface area contributed by atoms with Gasteiger partial charge < -0.3 is 4.74 Å². The largest absolute Gasteiger partial charge is 0.494 e. The highest BCUT2D eigenvalue weighted by Crippen LogP contribution is 2.24. The minimum atomic E-state index is -0.574. The van der Waals surface area contributed by atoms with Gasteiger partial charge in [-0.2, -0.15) is 0 Å². The van der Waals surface area contributed by atoms with E-state index in [1.54, 1.807) is 18.2 Å². The Morgan fingerprint density at radius 1 is 1.42 bits per heavy atom. The van der Waals surface area contributed by atoms with E-state index in [0.717, 1.165) is 0 Å². The van der Waals surface area contributed by atoms with E-state index in [2.05, 4.69) is 0 Å². The molecule has 0 heterocycles. The van der Waals surface area contributed by atoms with Crippen LogP contribution in [-0.4, -0.2) is 37.4 Å². The Labute approximate surface area is 114 Å². The Kier molecular flexibility index (Phi) is 5.06. The van der Waals surface area contributed by atoms with Gasteiger partial charge in [-0.25, -0.2) is 4.39 Å². The third-order valence-electron chi connectivity index (χ3n) is 3.89. The van der Waals surface area contributed by atoms with Gasteiger partial charge in [0.2, 0.25) is 0 Å². The summed E-state index contributed by atoms with van der Waals surface area (Å²) in [5.41, 5.74) is -0.193. The second-order valence-electron chi connectivity index (χ2n) is 5.06. The van der Waals surface area contributed by atoms with Crippen molar-refractivity contribution in [2.24, 2.45) is 0 Å². The molecular formula is C15H22FNO2. The summed E-state index contributed by atoms with van der Waals surface area (Å²) in [5.74, 6) is -0.268. The molecule has 1 unspecified atom stereocenters. The first-order chi connectivity index (χ1) is 8.86. The molecule has 1 aromatic carbocycles. The molecule has 0 bridgehead atoms. The summed E-state index contributed by atoms with van der Waals surface area (Å²) in [6.07, 6.45) is 0.760. The summed E-state index contributed by atoms with van der Waals surface area (Å²) in [4.78, 5) is 14.3. The number of likely N-dealkylation sites (N-methyl/N-ethyl adjacent to an activating group) is 1. The maximum Gasteiger partial charge on any atom is 0.168 e. The lowest BCUT2D eigenvalue weighted by Crippen LogP contribution is -2.48. The zero-order chi connectivity index (χ0) is 14.6. The molecule has 106 valence electrons. The van der Waals surface area contributed by atoms with E-state index >= 15 is 0 Å². The number of hydrogen-bond donors (Lipinski definition) is 0. The summed E-state index contributed by atoms with van der Waals surface area (Å²) in [7, 11) is 5.15. The second-order valence-corrected chi connectivity index (χ2v) is 5.06. The molecule has 1 aromatic rings. The van der Waals surface area contributed by atoms with Crippen LogP contribution in [0.15, 0.2) is 18.2 Å². The standard InChI is InChI=1S/C15H22FNO2/c1-6-15(2,17(3)4)13(18)10-11-8-7-9-12(19-5)14(11)16/h7-9H,6,10H2,1-5H3. The molecule has 0 aromatic heterocycles. The van der Waals surface area contributed by atoms with Gasteiger partial charge >= 0.3 is 0 Å². The zero-order valence-electron chi connectivity index (χ0n) is 12.3. The van der Waals surface area contributed by atoms with Gasteiger partial charge in [0.1, 0.15) is 0 Å². The minimum Gasteiger partial charge on any atom is -0.494 e. The van der Waals surface area contributed by atoms with Crippen LogP contribution < -0.4 is 4.74 Å². The summed E-state index contributed by atoms with van der Waals surface area (Å²) >= 11 is 0. The number of halogens is 1. The molecule has 0 aliphatic rings. The van der Waals surface area contributed by atoms with Crippen molar-refractivity contribution in [3.8, 4) is 5.75 Å². The number of ether oxygens (including phenoxy) is 1. The van der Waals surface area contributed by atoms with E-state index < -0.39 is 11.4 Å². The highest BCUT2D eigenvalue weighted by molar-refractivity contribution is 5.89. The number of nitrogens with zero attached hydrogens (tertiary/aromatic N) is 1. The van der Waals surface area contributed by atoms with Crippen LogP contribution in [0.1, 0.15) is 25.8 Å². The number of benzene rings is 1. The van der Waals surface area contributed by atoms with Crippen LogP contribution in [0.4, 0.5) is 4.39 Å². The quantitative estimate of drug-likeness (QED) is 0.793. The maximum atomic E-state index is 14.0.